The van der Waals surface area contributed by atoms with Gasteiger partial charge in [0, 0.05) is 36.5 Å². The molecule has 7 heteroatoms. The van der Waals surface area contributed by atoms with Crippen molar-refractivity contribution in [3.63, 3.8) is 0 Å². The average molecular weight is 373 g/mol. The molecule has 0 saturated carbocycles. The van der Waals surface area contributed by atoms with E-state index in [9.17, 15) is 9.59 Å². The SMILES string of the molecule is Cc1cc(=O)oc2cc(O[C@@H](C)C(=O)NCc3cccnc3)c(Cl)cc12. The van der Waals surface area contributed by atoms with Gasteiger partial charge in [0.25, 0.3) is 5.91 Å². The molecule has 1 aromatic carbocycles. The van der Waals surface area contributed by atoms with Crippen LogP contribution in [0.2, 0.25) is 5.02 Å². The standard InChI is InChI=1S/C19H17ClN2O4/c1-11-6-18(23)26-16-8-17(15(20)7-14(11)16)25-12(2)19(24)22-10-13-4-3-5-21-9-13/h3-9,12H,10H2,1-2H3,(H,22,24)/t12-/m0/s1. The zero-order chi connectivity index (χ0) is 18.7. The molecular weight excluding hydrogens is 356 g/mol. The van der Waals surface area contributed by atoms with Crippen LogP contribution in [0.15, 0.2) is 51.9 Å². The molecule has 2 heterocycles. The molecule has 0 aliphatic carbocycles. The van der Waals surface area contributed by atoms with Gasteiger partial charge in [-0.1, -0.05) is 17.7 Å². The summed E-state index contributed by atoms with van der Waals surface area (Å²) in [5.74, 6) is -0.0207. The fraction of sp³-hybridized carbons (Fsp3) is 0.211. The van der Waals surface area contributed by atoms with Crippen molar-refractivity contribution in [2.75, 3.05) is 0 Å². The third-order valence-corrected chi connectivity index (χ3v) is 4.16. The second kappa shape index (κ2) is 7.58. The molecule has 0 saturated heterocycles. The Labute approximate surface area is 154 Å². The molecule has 3 rings (SSSR count). The number of benzene rings is 1. The van der Waals surface area contributed by atoms with Gasteiger partial charge in [-0.25, -0.2) is 4.79 Å². The topological polar surface area (TPSA) is 81.4 Å². The summed E-state index contributed by atoms with van der Waals surface area (Å²) >= 11 is 6.25. The smallest absolute Gasteiger partial charge is 0.336 e. The minimum atomic E-state index is -0.779. The van der Waals surface area contributed by atoms with Crippen LogP contribution in [0, 0.1) is 6.92 Å². The van der Waals surface area contributed by atoms with Crippen molar-refractivity contribution in [1.82, 2.24) is 10.3 Å². The van der Waals surface area contributed by atoms with Crippen molar-refractivity contribution in [3.8, 4) is 5.75 Å². The molecule has 0 aliphatic rings. The predicted octanol–water partition coefficient (Wildman–Crippen LogP) is 3.23. The van der Waals surface area contributed by atoms with Gasteiger partial charge in [0.05, 0.1) is 5.02 Å². The summed E-state index contributed by atoms with van der Waals surface area (Å²) in [6.07, 6.45) is 2.56. The fourth-order valence-electron chi connectivity index (χ4n) is 2.49. The minimum absolute atomic E-state index is 0.275. The van der Waals surface area contributed by atoms with Crippen molar-refractivity contribution in [1.29, 1.82) is 0 Å². The minimum Gasteiger partial charge on any atom is -0.479 e. The predicted molar refractivity (Wildman–Crippen MR) is 98.4 cm³/mol. The molecule has 2 aromatic heterocycles. The van der Waals surface area contributed by atoms with Gasteiger partial charge >= 0.3 is 5.63 Å². The summed E-state index contributed by atoms with van der Waals surface area (Å²) in [6.45, 7) is 3.76. The Hall–Kier alpha value is -2.86. The molecule has 0 radical (unpaired) electrons. The molecule has 3 aromatic rings. The average Bonchev–Trinajstić information content (AvgIpc) is 2.62. The normalized spacial score (nSPS) is 12.0. The molecule has 0 unspecified atom stereocenters. The monoisotopic (exact) mass is 372 g/mol. The summed E-state index contributed by atoms with van der Waals surface area (Å²) < 4.78 is 10.8. The second-order valence-corrected chi connectivity index (χ2v) is 6.27. The highest BCUT2D eigenvalue weighted by molar-refractivity contribution is 6.32. The molecule has 1 amide bonds. The fourth-order valence-corrected chi connectivity index (χ4v) is 2.70. The van der Waals surface area contributed by atoms with Gasteiger partial charge in [-0.05, 0) is 37.1 Å². The van der Waals surface area contributed by atoms with E-state index in [1.165, 1.54) is 12.1 Å². The highest BCUT2D eigenvalue weighted by Crippen LogP contribution is 2.31. The Morgan fingerprint density at radius 3 is 2.92 bits per heavy atom. The van der Waals surface area contributed by atoms with E-state index in [1.54, 1.807) is 38.4 Å². The van der Waals surface area contributed by atoms with Crippen LogP contribution in [0.4, 0.5) is 0 Å². The van der Waals surface area contributed by atoms with Gasteiger partial charge in [-0.3, -0.25) is 9.78 Å². The first-order chi connectivity index (χ1) is 12.4. The molecule has 1 atom stereocenters. The first-order valence-electron chi connectivity index (χ1n) is 8.01. The number of aryl methyl sites for hydroxylation is 1. The van der Waals surface area contributed by atoms with Crippen LogP contribution in [0.3, 0.4) is 0 Å². The summed E-state index contributed by atoms with van der Waals surface area (Å²) in [4.78, 5) is 27.8. The van der Waals surface area contributed by atoms with Crippen molar-refractivity contribution in [2.24, 2.45) is 0 Å². The first-order valence-corrected chi connectivity index (χ1v) is 8.39. The third kappa shape index (κ3) is 4.03. The number of carbonyl (C=O) groups excluding carboxylic acids is 1. The first kappa shape index (κ1) is 17.9. The van der Waals surface area contributed by atoms with Crippen LogP contribution in [0.25, 0.3) is 11.0 Å². The number of fused-ring (bicyclic) bond motifs is 1. The number of carbonyl (C=O) groups is 1. The second-order valence-electron chi connectivity index (χ2n) is 5.87. The van der Waals surface area contributed by atoms with E-state index in [2.05, 4.69) is 10.3 Å². The van der Waals surface area contributed by atoms with Crippen LogP contribution in [-0.4, -0.2) is 17.0 Å². The van der Waals surface area contributed by atoms with Crippen LogP contribution < -0.4 is 15.7 Å². The number of aromatic nitrogens is 1. The van der Waals surface area contributed by atoms with Crippen molar-refractivity contribution >= 4 is 28.5 Å². The maximum absolute atomic E-state index is 12.2. The van der Waals surface area contributed by atoms with Crippen molar-refractivity contribution in [3.05, 3.63) is 69.3 Å². The number of nitrogens with zero attached hydrogens (tertiary/aromatic N) is 1. The molecule has 0 fully saturated rings. The molecule has 0 bridgehead atoms. The van der Waals surface area contributed by atoms with E-state index in [1.807, 2.05) is 6.07 Å². The number of amides is 1. The van der Waals surface area contributed by atoms with E-state index in [0.717, 1.165) is 16.5 Å². The van der Waals surface area contributed by atoms with Gasteiger partial charge in [-0.15, -0.1) is 0 Å². The van der Waals surface area contributed by atoms with Crippen LogP contribution in [0.1, 0.15) is 18.1 Å². The molecule has 0 spiro atoms. The molecule has 134 valence electrons. The van der Waals surface area contributed by atoms with E-state index in [4.69, 9.17) is 20.8 Å². The number of hydrogen-bond acceptors (Lipinski definition) is 5. The summed E-state index contributed by atoms with van der Waals surface area (Å²) in [5, 5.41) is 3.83. The van der Waals surface area contributed by atoms with E-state index < -0.39 is 11.7 Å². The Kier molecular flexibility index (Phi) is 5.23. The Balaban J connectivity index is 1.74. The van der Waals surface area contributed by atoms with Gasteiger partial charge in [0.2, 0.25) is 0 Å². The van der Waals surface area contributed by atoms with E-state index in [0.29, 0.717) is 17.2 Å². The van der Waals surface area contributed by atoms with Crippen LogP contribution in [0.5, 0.6) is 5.75 Å². The van der Waals surface area contributed by atoms with E-state index in [-0.39, 0.29) is 11.7 Å². The number of rotatable bonds is 5. The molecular formula is C19H17ClN2O4. The molecule has 0 aliphatic heterocycles. The summed E-state index contributed by atoms with van der Waals surface area (Å²) in [6, 6.07) is 8.24. The Morgan fingerprint density at radius 1 is 1.38 bits per heavy atom. The van der Waals surface area contributed by atoms with E-state index >= 15 is 0 Å². The highest BCUT2D eigenvalue weighted by Gasteiger charge is 2.17. The zero-order valence-electron chi connectivity index (χ0n) is 14.3. The number of halogens is 1. The summed E-state index contributed by atoms with van der Waals surface area (Å²) in [5.41, 5.74) is 1.55. The van der Waals surface area contributed by atoms with Gasteiger partial charge in [0.1, 0.15) is 11.3 Å². The molecule has 1 N–H and O–H groups in total. The number of nitrogens with one attached hydrogen (secondary N) is 1. The maximum Gasteiger partial charge on any atom is 0.336 e. The van der Waals surface area contributed by atoms with Crippen LogP contribution in [-0.2, 0) is 11.3 Å². The zero-order valence-corrected chi connectivity index (χ0v) is 15.0. The quantitative estimate of drug-likeness (QED) is 0.695. The number of pyridine rings is 1. The van der Waals surface area contributed by atoms with Crippen molar-refractivity contribution < 1.29 is 13.9 Å². The number of hydrogen-bond donors (Lipinski definition) is 1. The lowest BCUT2D eigenvalue weighted by atomic mass is 10.1. The highest BCUT2D eigenvalue weighted by atomic mass is 35.5. The van der Waals surface area contributed by atoms with Gasteiger partial charge in [0.15, 0.2) is 6.10 Å². The van der Waals surface area contributed by atoms with Crippen molar-refractivity contribution in [2.45, 2.75) is 26.5 Å². The molecule has 26 heavy (non-hydrogen) atoms. The van der Waals surface area contributed by atoms with Gasteiger partial charge in [-0.2, -0.15) is 0 Å². The Bertz CT molecular complexity index is 1000. The van der Waals surface area contributed by atoms with Gasteiger partial charge < -0.3 is 14.5 Å². The third-order valence-electron chi connectivity index (χ3n) is 3.87. The Morgan fingerprint density at radius 2 is 2.19 bits per heavy atom. The lowest BCUT2D eigenvalue weighted by Gasteiger charge is -2.16. The largest absolute Gasteiger partial charge is 0.479 e. The maximum atomic E-state index is 12.2. The van der Waals surface area contributed by atoms with Crippen LogP contribution >= 0.6 is 11.6 Å². The lowest BCUT2D eigenvalue weighted by molar-refractivity contribution is -0.127. The summed E-state index contributed by atoms with van der Waals surface area (Å²) in [7, 11) is 0. The lowest BCUT2D eigenvalue weighted by Crippen LogP contribution is -2.36. The molecule has 6 nitrogen and oxygen atoms in total. The number of ether oxygens (including phenoxy) is 1.